The molecule has 0 unspecified atom stereocenters. The van der Waals surface area contributed by atoms with Gasteiger partial charge < -0.3 is 14.4 Å². The number of rotatable bonds is 3. The lowest BCUT2D eigenvalue weighted by Gasteiger charge is -2.29. The van der Waals surface area contributed by atoms with Crippen LogP contribution < -0.4 is 0 Å². The summed E-state index contributed by atoms with van der Waals surface area (Å²) in [5, 5.41) is 8.97. The van der Waals surface area contributed by atoms with Crippen LogP contribution in [0.3, 0.4) is 0 Å². The second-order valence-electron chi connectivity index (χ2n) is 4.44. The highest BCUT2D eigenvalue weighted by molar-refractivity contribution is 9.10. The Kier molecular flexibility index (Phi) is 4.42. The maximum absolute atomic E-state index is 11.9. The van der Waals surface area contributed by atoms with Crippen LogP contribution in [0, 0.1) is 5.92 Å². The summed E-state index contributed by atoms with van der Waals surface area (Å²) in [6.45, 7) is 0.884. The molecule has 2 heterocycles. The molecule has 0 spiro atoms. The summed E-state index contributed by atoms with van der Waals surface area (Å²) in [6.07, 6.45) is 4.35. The van der Waals surface area contributed by atoms with Gasteiger partial charge in [-0.15, -0.1) is 0 Å². The minimum atomic E-state index is -0.837. The molecular formula is C13H14BrNO4. The van der Waals surface area contributed by atoms with E-state index in [0.29, 0.717) is 23.4 Å². The van der Waals surface area contributed by atoms with Gasteiger partial charge in [0.15, 0.2) is 4.67 Å². The standard InChI is InChI=1S/C13H14BrNO4/c14-11-5-3-10(19-11)4-6-12(16)15-7-1-2-9(8-15)13(17)18/h3-6,9H,1-2,7-8H2,(H,17,18)/b6-4+/t9-/m0/s1. The number of carboxylic acid groups (broad SMARTS) is 1. The van der Waals surface area contributed by atoms with E-state index in [2.05, 4.69) is 15.9 Å². The van der Waals surface area contributed by atoms with Crippen LogP contribution in [0.25, 0.3) is 6.08 Å². The normalized spacial score (nSPS) is 19.8. The van der Waals surface area contributed by atoms with E-state index >= 15 is 0 Å². The van der Waals surface area contributed by atoms with Gasteiger partial charge in [-0.1, -0.05) is 0 Å². The Morgan fingerprint density at radius 1 is 1.47 bits per heavy atom. The highest BCUT2D eigenvalue weighted by atomic mass is 79.9. The van der Waals surface area contributed by atoms with E-state index in [4.69, 9.17) is 9.52 Å². The maximum Gasteiger partial charge on any atom is 0.308 e. The van der Waals surface area contributed by atoms with Crippen molar-refractivity contribution in [1.82, 2.24) is 4.90 Å². The monoisotopic (exact) mass is 327 g/mol. The Hall–Kier alpha value is -1.56. The van der Waals surface area contributed by atoms with Crippen LogP contribution in [-0.2, 0) is 9.59 Å². The zero-order chi connectivity index (χ0) is 13.8. The maximum atomic E-state index is 11.9. The van der Waals surface area contributed by atoms with E-state index in [1.54, 1.807) is 23.1 Å². The smallest absolute Gasteiger partial charge is 0.308 e. The lowest BCUT2D eigenvalue weighted by molar-refractivity contribution is -0.144. The number of halogens is 1. The SMILES string of the molecule is O=C(O)[C@H]1CCCN(C(=O)/C=C/c2ccc(Br)o2)C1. The van der Waals surface area contributed by atoms with Gasteiger partial charge in [0.25, 0.3) is 0 Å². The van der Waals surface area contributed by atoms with Crippen molar-refractivity contribution in [3.05, 3.63) is 28.6 Å². The van der Waals surface area contributed by atoms with Crippen molar-refractivity contribution in [2.24, 2.45) is 5.92 Å². The van der Waals surface area contributed by atoms with Gasteiger partial charge in [0.2, 0.25) is 5.91 Å². The summed E-state index contributed by atoms with van der Waals surface area (Å²) in [5.74, 6) is -0.897. The van der Waals surface area contributed by atoms with Gasteiger partial charge in [0.05, 0.1) is 5.92 Å². The van der Waals surface area contributed by atoms with Crippen molar-refractivity contribution >= 4 is 33.9 Å². The van der Waals surface area contributed by atoms with Gasteiger partial charge in [-0.2, -0.15) is 0 Å². The number of amides is 1. The lowest BCUT2D eigenvalue weighted by Crippen LogP contribution is -2.41. The molecule has 1 aliphatic rings. The van der Waals surface area contributed by atoms with Crippen LogP contribution in [0.15, 0.2) is 27.3 Å². The predicted octanol–water partition coefficient (Wildman–Crippen LogP) is 2.38. The van der Waals surface area contributed by atoms with Crippen molar-refractivity contribution in [3.63, 3.8) is 0 Å². The summed E-state index contributed by atoms with van der Waals surface area (Å²) in [5.41, 5.74) is 0. The Morgan fingerprint density at radius 2 is 2.26 bits per heavy atom. The van der Waals surface area contributed by atoms with E-state index in [1.807, 2.05) is 0 Å². The molecule has 2 rings (SSSR count). The molecular weight excluding hydrogens is 314 g/mol. The number of aliphatic carboxylic acids is 1. The molecule has 0 bridgehead atoms. The first-order chi connectivity index (χ1) is 9.06. The Bertz CT molecular complexity index is 508. The van der Waals surface area contributed by atoms with Gasteiger partial charge in [-0.25, -0.2) is 0 Å². The summed E-state index contributed by atoms with van der Waals surface area (Å²) in [6, 6.07) is 3.48. The zero-order valence-electron chi connectivity index (χ0n) is 10.2. The number of hydrogen-bond acceptors (Lipinski definition) is 3. The molecule has 0 aromatic carbocycles. The second-order valence-corrected chi connectivity index (χ2v) is 5.22. The van der Waals surface area contributed by atoms with Crippen molar-refractivity contribution in [1.29, 1.82) is 0 Å². The number of carbonyl (C=O) groups excluding carboxylic acids is 1. The van der Waals surface area contributed by atoms with Crippen molar-refractivity contribution in [2.75, 3.05) is 13.1 Å². The molecule has 0 aliphatic carbocycles. The van der Waals surface area contributed by atoms with Crippen LogP contribution in [0.2, 0.25) is 0 Å². The largest absolute Gasteiger partial charge is 0.481 e. The molecule has 0 radical (unpaired) electrons. The second kappa shape index (κ2) is 6.06. The Balaban J connectivity index is 1.96. The van der Waals surface area contributed by atoms with Crippen LogP contribution in [-0.4, -0.2) is 35.0 Å². The molecule has 1 fully saturated rings. The van der Waals surface area contributed by atoms with E-state index < -0.39 is 11.9 Å². The van der Waals surface area contributed by atoms with Gasteiger partial charge >= 0.3 is 5.97 Å². The molecule has 1 atom stereocenters. The third-order valence-electron chi connectivity index (χ3n) is 3.07. The Labute approximate surface area is 119 Å². The van der Waals surface area contributed by atoms with Crippen molar-refractivity contribution in [2.45, 2.75) is 12.8 Å². The third-order valence-corrected chi connectivity index (χ3v) is 3.49. The molecule has 102 valence electrons. The number of carboxylic acids is 1. The van der Waals surface area contributed by atoms with Gasteiger partial charge in [-0.05, 0) is 47.0 Å². The molecule has 1 aromatic rings. The first-order valence-corrected chi connectivity index (χ1v) is 6.80. The van der Waals surface area contributed by atoms with Crippen LogP contribution in [0.4, 0.5) is 0 Å². The van der Waals surface area contributed by atoms with E-state index in [9.17, 15) is 9.59 Å². The highest BCUT2D eigenvalue weighted by Gasteiger charge is 2.27. The van der Waals surface area contributed by atoms with Gasteiger partial charge in [0.1, 0.15) is 5.76 Å². The fraction of sp³-hybridized carbons (Fsp3) is 0.385. The van der Waals surface area contributed by atoms with Crippen LogP contribution in [0.1, 0.15) is 18.6 Å². The van der Waals surface area contributed by atoms with Gasteiger partial charge in [0, 0.05) is 19.2 Å². The summed E-state index contributed by atoms with van der Waals surface area (Å²) >= 11 is 3.18. The summed E-state index contributed by atoms with van der Waals surface area (Å²) in [7, 11) is 0. The topological polar surface area (TPSA) is 70.8 Å². The average Bonchev–Trinajstić information content (AvgIpc) is 2.82. The molecule has 1 saturated heterocycles. The van der Waals surface area contributed by atoms with E-state index in [-0.39, 0.29) is 12.5 Å². The molecule has 1 aromatic heterocycles. The lowest BCUT2D eigenvalue weighted by atomic mass is 9.98. The van der Waals surface area contributed by atoms with Gasteiger partial charge in [-0.3, -0.25) is 9.59 Å². The van der Waals surface area contributed by atoms with E-state index in [0.717, 1.165) is 6.42 Å². The third kappa shape index (κ3) is 3.70. The minimum absolute atomic E-state index is 0.182. The summed E-state index contributed by atoms with van der Waals surface area (Å²) in [4.78, 5) is 24.4. The zero-order valence-corrected chi connectivity index (χ0v) is 11.8. The van der Waals surface area contributed by atoms with Crippen molar-refractivity contribution in [3.8, 4) is 0 Å². The molecule has 0 saturated carbocycles. The molecule has 5 nitrogen and oxygen atoms in total. The fourth-order valence-corrected chi connectivity index (χ4v) is 2.37. The predicted molar refractivity (Wildman–Crippen MR) is 72.4 cm³/mol. The van der Waals surface area contributed by atoms with Crippen molar-refractivity contribution < 1.29 is 19.1 Å². The molecule has 6 heteroatoms. The number of piperidine rings is 1. The number of hydrogen-bond donors (Lipinski definition) is 1. The number of furan rings is 1. The van der Waals surface area contributed by atoms with E-state index in [1.165, 1.54) is 6.08 Å². The number of carbonyl (C=O) groups is 2. The average molecular weight is 328 g/mol. The number of nitrogens with zero attached hydrogens (tertiary/aromatic N) is 1. The molecule has 1 aliphatic heterocycles. The molecule has 19 heavy (non-hydrogen) atoms. The highest BCUT2D eigenvalue weighted by Crippen LogP contribution is 2.18. The summed E-state index contributed by atoms with van der Waals surface area (Å²) < 4.78 is 5.85. The molecule has 1 N–H and O–H groups in total. The Morgan fingerprint density at radius 3 is 2.89 bits per heavy atom. The van der Waals surface area contributed by atoms with Crippen LogP contribution in [0.5, 0.6) is 0 Å². The van der Waals surface area contributed by atoms with Crippen LogP contribution >= 0.6 is 15.9 Å². The first-order valence-electron chi connectivity index (χ1n) is 6.01. The molecule has 1 amide bonds. The number of likely N-dealkylation sites (tertiary alicyclic amines) is 1. The fourth-order valence-electron chi connectivity index (χ4n) is 2.06. The first kappa shape index (κ1) is 13.9. The minimum Gasteiger partial charge on any atom is -0.481 e. The quantitative estimate of drug-likeness (QED) is 0.865.